The SMILES string of the molecule is CC(n1nc(-c2ccc(CC(=O)O)cc2)c(C(N)=O)c1N)C(F)(F)F. The number of amides is 1. The number of carbonyl (C=O) groups excluding carboxylic acids is 1. The third-order valence-electron chi connectivity index (χ3n) is 3.62. The summed E-state index contributed by atoms with van der Waals surface area (Å²) in [5, 5.41) is 12.6. The summed E-state index contributed by atoms with van der Waals surface area (Å²) in [5.41, 5.74) is 11.3. The van der Waals surface area contributed by atoms with E-state index in [1.54, 1.807) is 0 Å². The number of primary amides is 1. The number of benzene rings is 1. The molecule has 1 heterocycles. The molecule has 0 saturated carbocycles. The molecular formula is C15H15F3N4O3. The van der Waals surface area contributed by atoms with Crippen LogP contribution < -0.4 is 11.5 Å². The first-order valence-electron chi connectivity index (χ1n) is 7.08. The largest absolute Gasteiger partial charge is 0.481 e. The van der Waals surface area contributed by atoms with Gasteiger partial charge >= 0.3 is 12.1 Å². The van der Waals surface area contributed by atoms with Gasteiger partial charge in [0.15, 0.2) is 0 Å². The zero-order valence-electron chi connectivity index (χ0n) is 13.0. The maximum atomic E-state index is 12.9. The number of aromatic nitrogens is 2. The van der Waals surface area contributed by atoms with E-state index >= 15 is 0 Å². The number of nitrogens with two attached hydrogens (primary N) is 2. The van der Waals surface area contributed by atoms with Crippen molar-refractivity contribution in [1.29, 1.82) is 0 Å². The Balaban J connectivity index is 2.53. The molecule has 0 saturated heterocycles. The number of halogens is 3. The fraction of sp³-hybridized carbons (Fsp3) is 0.267. The number of alkyl halides is 3. The summed E-state index contributed by atoms with van der Waals surface area (Å²) in [4.78, 5) is 22.3. The lowest BCUT2D eigenvalue weighted by molar-refractivity contribution is -0.164. The van der Waals surface area contributed by atoms with Crippen LogP contribution >= 0.6 is 0 Å². The molecule has 1 unspecified atom stereocenters. The lowest BCUT2D eigenvalue weighted by atomic mass is 10.0. The molecule has 1 atom stereocenters. The Labute approximate surface area is 140 Å². The molecule has 25 heavy (non-hydrogen) atoms. The molecule has 1 amide bonds. The van der Waals surface area contributed by atoms with Crippen molar-refractivity contribution in [2.24, 2.45) is 5.73 Å². The quantitative estimate of drug-likeness (QED) is 0.756. The van der Waals surface area contributed by atoms with Crippen LogP contribution in [0, 0.1) is 0 Å². The highest BCUT2D eigenvalue weighted by atomic mass is 19.4. The third kappa shape index (κ3) is 3.73. The van der Waals surface area contributed by atoms with Crippen LogP contribution in [0.5, 0.6) is 0 Å². The van der Waals surface area contributed by atoms with Crippen LogP contribution in [0.1, 0.15) is 28.9 Å². The van der Waals surface area contributed by atoms with Gasteiger partial charge in [0.1, 0.15) is 23.1 Å². The van der Waals surface area contributed by atoms with Crippen LogP contribution in [0.2, 0.25) is 0 Å². The second kappa shape index (κ2) is 6.46. The van der Waals surface area contributed by atoms with Crippen molar-refractivity contribution >= 4 is 17.7 Å². The van der Waals surface area contributed by atoms with E-state index in [1.807, 2.05) is 0 Å². The zero-order valence-corrected chi connectivity index (χ0v) is 13.0. The second-order valence-electron chi connectivity index (χ2n) is 5.40. The van der Waals surface area contributed by atoms with Gasteiger partial charge in [-0.2, -0.15) is 18.3 Å². The summed E-state index contributed by atoms with van der Waals surface area (Å²) >= 11 is 0. The Kier molecular flexibility index (Phi) is 4.73. The van der Waals surface area contributed by atoms with Gasteiger partial charge in [0.05, 0.1) is 6.42 Å². The molecule has 10 heteroatoms. The van der Waals surface area contributed by atoms with Crippen molar-refractivity contribution in [1.82, 2.24) is 9.78 Å². The van der Waals surface area contributed by atoms with Gasteiger partial charge in [-0.1, -0.05) is 24.3 Å². The Morgan fingerprint density at radius 3 is 2.28 bits per heavy atom. The van der Waals surface area contributed by atoms with Gasteiger partial charge < -0.3 is 16.6 Å². The van der Waals surface area contributed by atoms with E-state index in [4.69, 9.17) is 16.6 Å². The highest BCUT2D eigenvalue weighted by Crippen LogP contribution is 2.35. The van der Waals surface area contributed by atoms with Crippen molar-refractivity contribution in [2.45, 2.75) is 25.6 Å². The molecule has 0 aliphatic carbocycles. The lowest BCUT2D eigenvalue weighted by Gasteiger charge is -2.17. The minimum absolute atomic E-state index is 0.0945. The molecule has 2 rings (SSSR count). The fourth-order valence-corrected chi connectivity index (χ4v) is 2.28. The molecular weight excluding hydrogens is 341 g/mol. The zero-order chi connectivity index (χ0) is 18.9. The van der Waals surface area contributed by atoms with Gasteiger partial charge in [-0.05, 0) is 12.5 Å². The molecule has 0 aliphatic heterocycles. The number of aliphatic carboxylic acids is 1. The number of nitrogen functional groups attached to an aromatic ring is 1. The van der Waals surface area contributed by atoms with E-state index in [9.17, 15) is 22.8 Å². The average Bonchev–Trinajstić information content (AvgIpc) is 2.83. The molecule has 0 radical (unpaired) electrons. The lowest BCUT2D eigenvalue weighted by Crippen LogP contribution is -2.26. The van der Waals surface area contributed by atoms with Gasteiger partial charge in [0.2, 0.25) is 0 Å². The standard InChI is InChI=1S/C15H15F3N4O3/c1-7(15(16,17)18)22-13(19)11(14(20)25)12(21-22)9-4-2-8(3-5-9)6-10(23)24/h2-5,7H,6,19H2,1H3,(H2,20,25)(H,23,24). The molecule has 0 spiro atoms. The second-order valence-corrected chi connectivity index (χ2v) is 5.40. The summed E-state index contributed by atoms with van der Waals surface area (Å²) in [5.74, 6) is -2.53. The smallest absolute Gasteiger partial charge is 0.410 e. The summed E-state index contributed by atoms with van der Waals surface area (Å²) in [6, 6.07) is 3.77. The van der Waals surface area contributed by atoms with Gasteiger partial charge in [0.25, 0.3) is 5.91 Å². The number of hydrogen-bond donors (Lipinski definition) is 3. The van der Waals surface area contributed by atoms with Crippen LogP contribution in [-0.4, -0.2) is 32.9 Å². The monoisotopic (exact) mass is 356 g/mol. The summed E-state index contributed by atoms with van der Waals surface area (Å²) in [6.45, 7) is 0.855. The Bertz CT molecular complexity index is 813. The Hall–Kier alpha value is -3.04. The predicted molar refractivity (Wildman–Crippen MR) is 82.7 cm³/mol. The number of hydrogen-bond acceptors (Lipinski definition) is 4. The molecule has 1 aromatic carbocycles. The minimum Gasteiger partial charge on any atom is -0.481 e. The topological polar surface area (TPSA) is 124 Å². The van der Waals surface area contributed by atoms with Gasteiger partial charge in [0, 0.05) is 5.56 Å². The fourth-order valence-electron chi connectivity index (χ4n) is 2.28. The third-order valence-corrected chi connectivity index (χ3v) is 3.62. The molecule has 1 aromatic heterocycles. The van der Waals surface area contributed by atoms with Crippen LogP contribution in [-0.2, 0) is 11.2 Å². The number of nitrogens with zero attached hydrogens (tertiary/aromatic N) is 2. The van der Waals surface area contributed by atoms with Crippen molar-refractivity contribution < 1.29 is 27.9 Å². The van der Waals surface area contributed by atoms with E-state index < -0.39 is 29.9 Å². The van der Waals surface area contributed by atoms with E-state index in [0.717, 1.165) is 6.92 Å². The van der Waals surface area contributed by atoms with Crippen molar-refractivity contribution in [3.8, 4) is 11.3 Å². The summed E-state index contributed by atoms with van der Waals surface area (Å²) < 4.78 is 39.3. The van der Waals surface area contributed by atoms with Crippen molar-refractivity contribution in [3.63, 3.8) is 0 Å². The van der Waals surface area contributed by atoms with Crippen molar-refractivity contribution in [3.05, 3.63) is 35.4 Å². The maximum Gasteiger partial charge on any atom is 0.410 e. The highest BCUT2D eigenvalue weighted by molar-refractivity contribution is 6.03. The first-order chi connectivity index (χ1) is 11.5. The van der Waals surface area contributed by atoms with Gasteiger partial charge in [-0.15, -0.1) is 0 Å². The molecule has 5 N–H and O–H groups in total. The predicted octanol–water partition coefficient (Wildman–Crippen LogP) is 1.98. The van der Waals surface area contributed by atoms with E-state index in [-0.39, 0.29) is 17.7 Å². The normalized spacial score (nSPS) is 12.8. The summed E-state index contributed by atoms with van der Waals surface area (Å²) in [7, 11) is 0. The van der Waals surface area contributed by atoms with Gasteiger partial charge in [-0.25, -0.2) is 4.68 Å². The van der Waals surface area contributed by atoms with E-state index in [1.165, 1.54) is 24.3 Å². The van der Waals surface area contributed by atoms with Crippen LogP contribution in [0.3, 0.4) is 0 Å². The number of carboxylic acid groups (broad SMARTS) is 1. The number of rotatable bonds is 5. The maximum absolute atomic E-state index is 12.9. The number of anilines is 1. The average molecular weight is 356 g/mol. The molecule has 0 bridgehead atoms. The molecule has 0 fully saturated rings. The number of carbonyl (C=O) groups is 2. The first kappa shape index (κ1) is 18.3. The molecule has 134 valence electrons. The Morgan fingerprint density at radius 2 is 1.84 bits per heavy atom. The molecule has 0 aliphatic rings. The van der Waals surface area contributed by atoms with Crippen LogP contribution in [0.4, 0.5) is 19.0 Å². The molecule has 7 nitrogen and oxygen atoms in total. The van der Waals surface area contributed by atoms with Crippen molar-refractivity contribution in [2.75, 3.05) is 5.73 Å². The van der Waals surface area contributed by atoms with Crippen LogP contribution in [0.25, 0.3) is 11.3 Å². The highest BCUT2D eigenvalue weighted by Gasteiger charge is 2.40. The minimum atomic E-state index is -4.61. The number of carboxylic acids is 1. The van der Waals surface area contributed by atoms with Gasteiger partial charge in [-0.3, -0.25) is 9.59 Å². The van der Waals surface area contributed by atoms with E-state index in [2.05, 4.69) is 5.10 Å². The first-order valence-corrected chi connectivity index (χ1v) is 7.08. The summed E-state index contributed by atoms with van der Waals surface area (Å²) in [6.07, 6.45) is -4.83. The molecule has 2 aromatic rings. The van der Waals surface area contributed by atoms with Crippen LogP contribution in [0.15, 0.2) is 24.3 Å². The Morgan fingerprint density at radius 1 is 1.28 bits per heavy atom. The van der Waals surface area contributed by atoms with E-state index in [0.29, 0.717) is 15.8 Å².